The quantitative estimate of drug-likeness (QED) is 0.706. The van der Waals surface area contributed by atoms with Crippen molar-refractivity contribution in [2.75, 3.05) is 26.2 Å². The first-order valence-electron chi connectivity index (χ1n) is 10.1. The SMILES string of the molecule is CCCN(C(=O)CCNS(=O)(=O)c1ccc2c(c1)CCCC2)C1CCNC1. The first-order valence-corrected chi connectivity index (χ1v) is 11.6. The van der Waals surface area contributed by atoms with Crippen molar-refractivity contribution in [3.05, 3.63) is 29.3 Å². The lowest BCUT2D eigenvalue weighted by Crippen LogP contribution is -2.43. The minimum Gasteiger partial charge on any atom is -0.338 e. The van der Waals surface area contributed by atoms with Crippen LogP contribution in [0.2, 0.25) is 0 Å². The van der Waals surface area contributed by atoms with Crippen molar-refractivity contribution in [3.63, 3.8) is 0 Å². The molecule has 0 radical (unpaired) electrons. The molecule has 1 saturated heterocycles. The molecule has 1 aromatic rings. The minimum absolute atomic E-state index is 0.0266. The Morgan fingerprint density at radius 3 is 2.74 bits per heavy atom. The normalized spacial score (nSPS) is 19.7. The number of carbonyl (C=O) groups is 1. The third-order valence-electron chi connectivity index (χ3n) is 5.52. The van der Waals surface area contributed by atoms with Gasteiger partial charge in [0, 0.05) is 32.1 Å². The molecule has 1 amide bonds. The van der Waals surface area contributed by atoms with Gasteiger partial charge in [0.1, 0.15) is 0 Å². The molecule has 150 valence electrons. The molecule has 1 unspecified atom stereocenters. The summed E-state index contributed by atoms with van der Waals surface area (Å²) in [7, 11) is -3.58. The van der Waals surface area contributed by atoms with E-state index in [4.69, 9.17) is 0 Å². The van der Waals surface area contributed by atoms with E-state index in [1.807, 2.05) is 11.0 Å². The number of amides is 1. The van der Waals surface area contributed by atoms with E-state index in [2.05, 4.69) is 17.0 Å². The molecule has 1 aliphatic heterocycles. The van der Waals surface area contributed by atoms with Crippen LogP contribution < -0.4 is 10.0 Å². The van der Waals surface area contributed by atoms with E-state index in [0.29, 0.717) is 4.90 Å². The predicted molar refractivity (Wildman–Crippen MR) is 106 cm³/mol. The van der Waals surface area contributed by atoms with Gasteiger partial charge in [-0.15, -0.1) is 0 Å². The molecule has 27 heavy (non-hydrogen) atoms. The molecule has 6 nitrogen and oxygen atoms in total. The topological polar surface area (TPSA) is 78.5 Å². The van der Waals surface area contributed by atoms with Crippen LogP contribution in [0.4, 0.5) is 0 Å². The highest BCUT2D eigenvalue weighted by atomic mass is 32.2. The molecule has 2 aliphatic rings. The molecule has 1 atom stereocenters. The van der Waals surface area contributed by atoms with Crippen molar-refractivity contribution in [2.45, 2.75) is 62.8 Å². The van der Waals surface area contributed by atoms with Crippen molar-refractivity contribution in [1.29, 1.82) is 0 Å². The molecule has 2 N–H and O–H groups in total. The lowest BCUT2D eigenvalue weighted by atomic mass is 9.92. The Kier molecular flexibility index (Phi) is 6.89. The summed E-state index contributed by atoms with van der Waals surface area (Å²) in [5.41, 5.74) is 2.40. The number of benzene rings is 1. The zero-order chi connectivity index (χ0) is 19.3. The van der Waals surface area contributed by atoms with Crippen LogP contribution >= 0.6 is 0 Å². The smallest absolute Gasteiger partial charge is 0.240 e. The van der Waals surface area contributed by atoms with Crippen molar-refractivity contribution in [1.82, 2.24) is 14.9 Å². The average Bonchev–Trinajstić information content (AvgIpc) is 3.19. The second-order valence-electron chi connectivity index (χ2n) is 7.52. The Morgan fingerprint density at radius 1 is 1.26 bits per heavy atom. The summed E-state index contributed by atoms with van der Waals surface area (Å²) in [6, 6.07) is 5.65. The third-order valence-corrected chi connectivity index (χ3v) is 6.98. The number of nitrogens with one attached hydrogen (secondary N) is 2. The maximum Gasteiger partial charge on any atom is 0.240 e. The highest BCUT2D eigenvalue weighted by Crippen LogP contribution is 2.24. The first kappa shape index (κ1) is 20.3. The first-order chi connectivity index (χ1) is 13.0. The summed E-state index contributed by atoms with van der Waals surface area (Å²) in [4.78, 5) is 14.8. The fourth-order valence-corrected chi connectivity index (χ4v) is 5.14. The van der Waals surface area contributed by atoms with Crippen molar-refractivity contribution in [3.8, 4) is 0 Å². The van der Waals surface area contributed by atoms with E-state index < -0.39 is 10.0 Å². The number of carbonyl (C=O) groups excluding carboxylic acids is 1. The Labute approximate surface area is 162 Å². The number of sulfonamides is 1. The number of aryl methyl sites for hydroxylation is 2. The molecule has 0 saturated carbocycles. The summed E-state index contributed by atoms with van der Waals surface area (Å²) in [5, 5.41) is 3.29. The molecule has 0 bridgehead atoms. The molecule has 3 rings (SSSR count). The second-order valence-corrected chi connectivity index (χ2v) is 9.29. The van der Waals surface area contributed by atoms with Crippen LogP contribution in [0.25, 0.3) is 0 Å². The van der Waals surface area contributed by atoms with Gasteiger partial charge in [0.25, 0.3) is 0 Å². The van der Waals surface area contributed by atoms with Crippen molar-refractivity contribution < 1.29 is 13.2 Å². The Hall–Kier alpha value is -1.44. The molecule has 1 aliphatic carbocycles. The van der Waals surface area contributed by atoms with E-state index >= 15 is 0 Å². The van der Waals surface area contributed by atoms with Gasteiger partial charge in [-0.3, -0.25) is 4.79 Å². The van der Waals surface area contributed by atoms with E-state index in [1.165, 1.54) is 12.0 Å². The number of fused-ring (bicyclic) bond motifs is 1. The summed E-state index contributed by atoms with van der Waals surface area (Å²) in [5.74, 6) is 0.0266. The Morgan fingerprint density at radius 2 is 2.04 bits per heavy atom. The summed E-state index contributed by atoms with van der Waals surface area (Å²) in [6.07, 6.45) is 6.32. The van der Waals surface area contributed by atoms with Crippen LogP contribution in [-0.2, 0) is 27.7 Å². The molecule has 7 heteroatoms. The summed E-state index contributed by atoms with van der Waals surface area (Å²) >= 11 is 0. The zero-order valence-corrected chi connectivity index (χ0v) is 17.0. The summed E-state index contributed by atoms with van der Waals surface area (Å²) < 4.78 is 27.8. The maximum absolute atomic E-state index is 12.6. The highest BCUT2D eigenvalue weighted by Gasteiger charge is 2.26. The van der Waals surface area contributed by atoms with Crippen LogP contribution in [0, 0.1) is 0 Å². The van der Waals surface area contributed by atoms with Gasteiger partial charge in [0.2, 0.25) is 15.9 Å². The monoisotopic (exact) mass is 393 g/mol. The number of hydrogen-bond donors (Lipinski definition) is 2. The lowest BCUT2D eigenvalue weighted by Gasteiger charge is -2.28. The fraction of sp³-hybridized carbons (Fsp3) is 0.650. The van der Waals surface area contributed by atoms with E-state index in [0.717, 1.165) is 57.3 Å². The van der Waals surface area contributed by atoms with Crippen LogP contribution in [0.1, 0.15) is 50.2 Å². The predicted octanol–water partition coefficient (Wildman–Crippen LogP) is 1.83. The second kappa shape index (κ2) is 9.17. The largest absolute Gasteiger partial charge is 0.338 e. The molecular weight excluding hydrogens is 362 g/mol. The Balaban J connectivity index is 1.57. The van der Waals surface area contributed by atoms with Gasteiger partial charge in [-0.25, -0.2) is 13.1 Å². The van der Waals surface area contributed by atoms with Gasteiger partial charge in [-0.1, -0.05) is 13.0 Å². The number of rotatable bonds is 8. The van der Waals surface area contributed by atoms with E-state index in [9.17, 15) is 13.2 Å². The summed E-state index contributed by atoms with van der Waals surface area (Å²) in [6.45, 7) is 4.68. The van der Waals surface area contributed by atoms with Crippen LogP contribution in [0.5, 0.6) is 0 Å². The molecule has 1 fully saturated rings. The molecule has 1 aromatic carbocycles. The number of nitrogens with zero attached hydrogens (tertiary/aromatic N) is 1. The van der Waals surface area contributed by atoms with Gasteiger partial charge in [0.15, 0.2) is 0 Å². The van der Waals surface area contributed by atoms with Gasteiger partial charge in [-0.05, 0) is 68.3 Å². The van der Waals surface area contributed by atoms with E-state index in [1.54, 1.807) is 12.1 Å². The molecule has 1 heterocycles. The van der Waals surface area contributed by atoms with Crippen LogP contribution in [-0.4, -0.2) is 51.4 Å². The molecular formula is C20H31N3O3S. The number of hydrogen-bond acceptors (Lipinski definition) is 4. The van der Waals surface area contributed by atoms with Crippen molar-refractivity contribution in [2.24, 2.45) is 0 Å². The van der Waals surface area contributed by atoms with Crippen molar-refractivity contribution >= 4 is 15.9 Å². The molecule has 0 aromatic heterocycles. The van der Waals surface area contributed by atoms with Crippen LogP contribution in [0.15, 0.2) is 23.1 Å². The Bertz CT molecular complexity index is 758. The fourth-order valence-electron chi connectivity index (χ4n) is 4.05. The minimum atomic E-state index is -3.58. The lowest BCUT2D eigenvalue weighted by molar-refractivity contribution is -0.133. The zero-order valence-electron chi connectivity index (χ0n) is 16.2. The standard InChI is InChI=1S/C20H31N3O3S/c1-2-13-23(18-9-11-21-15-18)20(24)10-12-22-27(25,26)19-8-7-16-5-3-4-6-17(16)14-19/h7-8,14,18,21-22H,2-6,9-13,15H2,1H3. The van der Waals surface area contributed by atoms with Crippen LogP contribution in [0.3, 0.4) is 0 Å². The van der Waals surface area contributed by atoms with Gasteiger partial charge < -0.3 is 10.2 Å². The third kappa shape index (κ3) is 5.09. The van der Waals surface area contributed by atoms with E-state index in [-0.39, 0.29) is 24.9 Å². The average molecular weight is 394 g/mol. The highest BCUT2D eigenvalue weighted by molar-refractivity contribution is 7.89. The van der Waals surface area contributed by atoms with Gasteiger partial charge >= 0.3 is 0 Å². The molecule has 0 spiro atoms. The maximum atomic E-state index is 12.6. The van der Waals surface area contributed by atoms with Gasteiger partial charge in [-0.2, -0.15) is 0 Å². The van der Waals surface area contributed by atoms with Gasteiger partial charge in [0.05, 0.1) is 4.90 Å².